The van der Waals surface area contributed by atoms with Crippen LogP contribution < -0.4 is 0 Å². The molecule has 0 radical (unpaired) electrons. The summed E-state index contributed by atoms with van der Waals surface area (Å²) < 4.78 is 38.4. The monoisotopic (exact) mass is 324 g/mol. The van der Waals surface area contributed by atoms with E-state index in [1.165, 1.54) is 18.2 Å². The third kappa shape index (κ3) is 2.94. The Hall–Kier alpha value is -1.99. The first-order valence-corrected chi connectivity index (χ1v) is 7.18. The van der Waals surface area contributed by atoms with Crippen LogP contribution in [0.2, 0.25) is 0 Å². The smallest absolute Gasteiger partial charge is 0.388 e. The molecule has 0 amide bonds. The molecular weight excluding hydrogens is 309 g/mol. The van der Waals surface area contributed by atoms with Crippen molar-refractivity contribution in [2.24, 2.45) is 5.92 Å². The van der Waals surface area contributed by atoms with E-state index in [1.54, 1.807) is 6.92 Å². The molecule has 23 heavy (non-hydrogen) atoms. The lowest BCUT2D eigenvalue weighted by Crippen LogP contribution is -2.23. The summed E-state index contributed by atoms with van der Waals surface area (Å²) in [6.07, 6.45) is -5.73. The number of hydrogen-bond donors (Lipinski definition) is 2. The second-order valence-corrected chi connectivity index (χ2v) is 5.82. The third-order valence-corrected chi connectivity index (χ3v) is 4.11. The first-order valence-electron chi connectivity index (χ1n) is 7.18. The summed E-state index contributed by atoms with van der Waals surface area (Å²) in [5.74, 6) is -0.161. The maximum absolute atomic E-state index is 12.8. The van der Waals surface area contributed by atoms with Crippen molar-refractivity contribution in [2.75, 3.05) is 0 Å². The molecule has 1 unspecified atom stereocenters. The molecule has 2 N–H and O–H groups in total. The Labute approximate surface area is 130 Å². The summed E-state index contributed by atoms with van der Waals surface area (Å²) >= 11 is 0. The minimum atomic E-state index is -4.44. The van der Waals surface area contributed by atoms with Gasteiger partial charge in [0.25, 0.3) is 0 Å². The quantitative estimate of drug-likeness (QED) is 0.845. The first-order chi connectivity index (χ1) is 10.8. The van der Waals surface area contributed by atoms with Gasteiger partial charge in [-0.05, 0) is 30.5 Å². The van der Waals surface area contributed by atoms with Crippen molar-refractivity contribution in [2.45, 2.75) is 31.7 Å². The van der Waals surface area contributed by atoms with Gasteiger partial charge in [0.2, 0.25) is 0 Å². The molecule has 7 heteroatoms. The maximum atomic E-state index is 12.8. The predicted molar refractivity (Wildman–Crippen MR) is 76.2 cm³/mol. The highest BCUT2D eigenvalue weighted by molar-refractivity contribution is 5.61. The molecule has 122 valence electrons. The maximum Gasteiger partial charge on any atom is 0.416 e. The number of benzene rings is 1. The summed E-state index contributed by atoms with van der Waals surface area (Å²) in [4.78, 5) is 0. The Kier molecular flexibility index (Phi) is 3.85. The van der Waals surface area contributed by atoms with E-state index in [4.69, 9.17) is 0 Å². The highest BCUT2D eigenvalue weighted by atomic mass is 19.4. The number of fused-ring (bicyclic) bond motifs is 1. The second-order valence-electron chi connectivity index (χ2n) is 5.82. The molecule has 2 aromatic rings. The normalized spacial score (nSPS) is 24.3. The number of aliphatic hydroxyl groups excluding tert-OH is 2. The molecule has 4 nitrogen and oxygen atoms in total. The lowest BCUT2D eigenvalue weighted by molar-refractivity contribution is -0.137. The lowest BCUT2D eigenvalue weighted by atomic mass is 9.83. The van der Waals surface area contributed by atoms with Crippen LogP contribution in [-0.2, 0) is 6.18 Å². The summed E-state index contributed by atoms with van der Waals surface area (Å²) in [6, 6.07) is 6.27. The van der Waals surface area contributed by atoms with Gasteiger partial charge < -0.3 is 10.2 Å². The van der Waals surface area contributed by atoms with Crippen molar-refractivity contribution in [3.05, 3.63) is 47.2 Å². The topological polar surface area (TPSA) is 66.2 Å². The third-order valence-electron chi connectivity index (χ3n) is 4.11. The van der Waals surface area contributed by atoms with E-state index in [1.807, 2.05) is 0 Å². The molecule has 3 rings (SSSR count). The fraction of sp³-hybridized carbons (Fsp3) is 0.375. The molecule has 0 saturated heterocycles. The molecule has 1 aliphatic carbocycles. The molecule has 0 spiro atoms. The number of aliphatic hydroxyl groups is 2. The van der Waals surface area contributed by atoms with Crippen LogP contribution in [0.5, 0.6) is 0 Å². The molecule has 0 aliphatic heterocycles. The Morgan fingerprint density at radius 1 is 1.13 bits per heavy atom. The van der Waals surface area contributed by atoms with E-state index >= 15 is 0 Å². The molecule has 0 bridgehead atoms. The SMILES string of the molecule is C[C@@H]1C[C@H](O)c2cc(-c3cccc(C(F)(F)F)c3)nnc2C1O. The molecular formula is C16H15F3N2O2. The standard InChI is InChI=1S/C16H15F3N2O2/c1-8-5-13(22)11-7-12(20-21-14(11)15(8)23)9-3-2-4-10(6-9)16(17,18)19/h2-4,6-8,13,15,22-23H,5H2,1H3/t8-,13+,15?/m1/s1. The van der Waals surface area contributed by atoms with Crippen LogP contribution in [0, 0.1) is 5.92 Å². The van der Waals surface area contributed by atoms with Gasteiger partial charge in [0, 0.05) is 11.1 Å². The zero-order valence-electron chi connectivity index (χ0n) is 12.2. The Morgan fingerprint density at radius 2 is 1.87 bits per heavy atom. The Balaban J connectivity index is 2.05. The van der Waals surface area contributed by atoms with Crippen molar-refractivity contribution >= 4 is 0 Å². The van der Waals surface area contributed by atoms with Gasteiger partial charge in [-0.25, -0.2) is 0 Å². The van der Waals surface area contributed by atoms with Crippen LogP contribution in [0.1, 0.15) is 42.4 Å². The number of alkyl halides is 3. The average Bonchev–Trinajstić information content (AvgIpc) is 2.51. The zero-order valence-corrected chi connectivity index (χ0v) is 12.2. The minimum Gasteiger partial charge on any atom is -0.388 e. The van der Waals surface area contributed by atoms with Crippen molar-refractivity contribution in [3.63, 3.8) is 0 Å². The highest BCUT2D eigenvalue weighted by Crippen LogP contribution is 2.39. The predicted octanol–water partition coefficient (Wildman–Crippen LogP) is 3.27. The van der Waals surface area contributed by atoms with E-state index in [0.717, 1.165) is 12.1 Å². The molecule has 1 aliphatic rings. The van der Waals surface area contributed by atoms with Crippen LogP contribution in [-0.4, -0.2) is 20.4 Å². The number of aromatic nitrogens is 2. The van der Waals surface area contributed by atoms with Crippen molar-refractivity contribution in [1.82, 2.24) is 10.2 Å². The van der Waals surface area contributed by atoms with Crippen LogP contribution in [0.4, 0.5) is 13.2 Å². The minimum absolute atomic E-state index is 0.161. The summed E-state index contributed by atoms with van der Waals surface area (Å²) in [5, 5.41) is 28.1. The van der Waals surface area contributed by atoms with Gasteiger partial charge in [0.05, 0.1) is 23.1 Å². The van der Waals surface area contributed by atoms with E-state index in [9.17, 15) is 23.4 Å². The van der Waals surface area contributed by atoms with E-state index in [-0.39, 0.29) is 22.9 Å². The molecule has 1 heterocycles. The number of halogens is 3. The van der Waals surface area contributed by atoms with Gasteiger partial charge in [-0.2, -0.15) is 23.4 Å². The van der Waals surface area contributed by atoms with E-state index in [2.05, 4.69) is 10.2 Å². The Bertz CT molecular complexity index is 734. The van der Waals surface area contributed by atoms with Crippen molar-refractivity contribution in [3.8, 4) is 11.3 Å². The van der Waals surface area contributed by atoms with Gasteiger partial charge in [0.1, 0.15) is 6.10 Å². The second kappa shape index (κ2) is 5.58. The summed E-state index contributed by atoms with van der Waals surface area (Å²) in [7, 11) is 0. The van der Waals surface area contributed by atoms with E-state index < -0.39 is 23.9 Å². The number of rotatable bonds is 1. The lowest BCUT2D eigenvalue weighted by Gasteiger charge is -2.29. The zero-order chi connectivity index (χ0) is 16.8. The largest absolute Gasteiger partial charge is 0.416 e. The molecule has 1 aromatic heterocycles. The van der Waals surface area contributed by atoms with Gasteiger partial charge >= 0.3 is 6.18 Å². The van der Waals surface area contributed by atoms with Crippen LogP contribution in [0.25, 0.3) is 11.3 Å². The summed E-state index contributed by atoms with van der Waals surface area (Å²) in [5.41, 5.74) is 0.416. The van der Waals surface area contributed by atoms with Crippen LogP contribution in [0.15, 0.2) is 30.3 Å². The molecule has 1 aromatic carbocycles. The number of hydrogen-bond acceptors (Lipinski definition) is 4. The van der Waals surface area contributed by atoms with Gasteiger partial charge in [-0.15, -0.1) is 0 Å². The van der Waals surface area contributed by atoms with Crippen molar-refractivity contribution in [1.29, 1.82) is 0 Å². The van der Waals surface area contributed by atoms with Gasteiger partial charge in [-0.3, -0.25) is 0 Å². The van der Waals surface area contributed by atoms with Gasteiger partial charge in [0.15, 0.2) is 0 Å². The molecule has 0 saturated carbocycles. The van der Waals surface area contributed by atoms with Gasteiger partial charge in [-0.1, -0.05) is 19.1 Å². The summed E-state index contributed by atoms with van der Waals surface area (Å²) in [6.45, 7) is 1.79. The van der Waals surface area contributed by atoms with Crippen molar-refractivity contribution < 1.29 is 23.4 Å². The first kappa shape index (κ1) is 15.9. The van der Waals surface area contributed by atoms with Crippen LogP contribution in [0.3, 0.4) is 0 Å². The fourth-order valence-electron chi connectivity index (χ4n) is 2.79. The molecule has 3 atom stereocenters. The van der Waals surface area contributed by atoms with E-state index in [0.29, 0.717) is 12.0 Å². The Morgan fingerprint density at radius 3 is 2.57 bits per heavy atom. The van der Waals surface area contributed by atoms with Crippen LogP contribution >= 0.6 is 0 Å². The fourth-order valence-corrected chi connectivity index (χ4v) is 2.79. The average molecular weight is 324 g/mol. The molecule has 0 fully saturated rings. The highest BCUT2D eigenvalue weighted by Gasteiger charge is 2.33. The number of nitrogens with zero attached hydrogens (tertiary/aromatic N) is 2.